The summed E-state index contributed by atoms with van der Waals surface area (Å²) in [4.78, 5) is 33.1. The number of alkyl halides is 2. The molecular weight excluding hydrogens is 378 g/mol. The molecule has 2 aliphatic heterocycles. The largest absolute Gasteiger partial charge is 0.350 e. The molecule has 6 nitrogen and oxygen atoms in total. The van der Waals surface area contributed by atoms with Gasteiger partial charge in [-0.25, -0.2) is 13.8 Å². The number of carbonyl (C=O) groups is 2. The summed E-state index contributed by atoms with van der Waals surface area (Å²) in [5, 5.41) is 2.86. The first kappa shape index (κ1) is 19.3. The van der Waals surface area contributed by atoms with Crippen molar-refractivity contribution in [3.05, 3.63) is 48.2 Å². The second-order valence-corrected chi connectivity index (χ2v) is 7.42. The van der Waals surface area contributed by atoms with E-state index in [2.05, 4.69) is 10.3 Å². The molecule has 1 aromatic heterocycles. The van der Waals surface area contributed by atoms with Crippen LogP contribution in [-0.2, 0) is 4.79 Å². The number of amides is 2. The Bertz CT molecular complexity index is 933. The Morgan fingerprint density at radius 1 is 1.28 bits per heavy atom. The van der Waals surface area contributed by atoms with Crippen LogP contribution in [0.3, 0.4) is 0 Å². The molecule has 0 bridgehead atoms. The fraction of sp³-hybridized carbons (Fsp3) is 0.381. The van der Waals surface area contributed by atoms with Gasteiger partial charge in [0.2, 0.25) is 5.91 Å². The monoisotopic (exact) mass is 400 g/mol. The standard InChI is InChI=1S/C21H22F2N4O2/c1-2-5-17-19(28)25-15-6-3-4-7-16(15)27(17)20(29)14-8-9-18(24-12-14)26-11-10-21(22,23)13-26/h3-4,6-9,12,17H,2,5,10-11,13H2,1H3,(H,25,28)/t17-/m0/s1. The molecule has 1 atom stereocenters. The van der Waals surface area contributed by atoms with Crippen LogP contribution in [0.25, 0.3) is 0 Å². The molecular formula is C21H22F2N4O2. The Labute approximate surface area is 167 Å². The Hall–Kier alpha value is -3.03. The third kappa shape index (κ3) is 3.66. The van der Waals surface area contributed by atoms with Crippen LogP contribution < -0.4 is 15.1 Å². The van der Waals surface area contributed by atoms with Crippen molar-refractivity contribution < 1.29 is 18.4 Å². The van der Waals surface area contributed by atoms with Gasteiger partial charge in [0, 0.05) is 19.2 Å². The lowest BCUT2D eigenvalue weighted by atomic mass is 10.0. The Morgan fingerprint density at radius 3 is 2.72 bits per heavy atom. The molecule has 29 heavy (non-hydrogen) atoms. The van der Waals surface area contributed by atoms with Gasteiger partial charge >= 0.3 is 0 Å². The summed E-state index contributed by atoms with van der Waals surface area (Å²) in [6, 6.07) is 9.71. The van der Waals surface area contributed by atoms with Gasteiger partial charge in [-0.1, -0.05) is 25.5 Å². The first-order valence-corrected chi connectivity index (χ1v) is 9.72. The topological polar surface area (TPSA) is 65.5 Å². The summed E-state index contributed by atoms with van der Waals surface area (Å²) in [5.74, 6) is -2.85. The molecule has 152 valence electrons. The van der Waals surface area contributed by atoms with Crippen molar-refractivity contribution in [2.75, 3.05) is 28.2 Å². The number of para-hydroxylation sites is 2. The molecule has 1 saturated heterocycles. The number of halogens is 2. The zero-order chi connectivity index (χ0) is 20.6. The molecule has 1 N–H and O–H groups in total. The molecule has 0 radical (unpaired) electrons. The number of pyridine rings is 1. The van der Waals surface area contributed by atoms with Crippen LogP contribution in [0.4, 0.5) is 26.0 Å². The maximum atomic E-state index is 13.5. The van der Waals surface area contributed by atoms with Crippen LogP contribution in [0, 0.1) is 0 Å². The van der Waals surface area contributed by atoms with Gasteiger partial charge in [-0.05, 0) is 30.7 Å². The third-order valence-electron chi connectivity index (χ3n) is 5.31. The van der Waals surface area contributed by atoms with E-state index in [9.17, 15) is 18.4 Å². The Morgan fingerprint density at radius 2 is 2.07 bits per heavy atom. The lowest BCUT2D eigenvalue weighted by Crippen LogP contribution is -2.51. The number of aromatic nitrogens is 1. The van der Waals surface area contributed by atoms with Crippen molar-refractivity contribution in [3.63, 3.8) is 0 Å². The normalized spacial score (nSPS) is 20.4. The molecule has 1 aromatic carbocycles. The van der Waals surface area contributed by atoms with E-state index in [0.717, 1.165) is 6.42 Å². The number of hydrogen-bond donors (Lipinski definition) is 1. The van der Waals surface area contributed by atoms with Crippen LogP contribution in [0.15, 0.2) is 42.6 Å². The van der Waals surface area contributed by atoms with Crippen LogP contribution in [-0.4, -0.2) is 41.9 Å². The molecule has 1 fully saturated rings. The van der Waals surface area contributed by atoms with Gasteiger partial charge in [-0.2, -0.15) is 0 Å². The minimum Gasteiger partial charge on any atom is -0.350 e. The average Bonchev–Trinajstić information content (AvgIpc) is 3.08. The predicted molar refractivity (Wildman–Crippen MR) is 107 cm³/mol. The molecule has 0 unspecified atom stereocenters. The van der Waals surface area contributed by atoms with Gasteiger partial charge in [0.1, 0.15) is 11.9 Å². The quantitative estimate of drug-likeness (QED) is 0.850. The van der Waals surface area contributed by atoms with Crippen molar-refractivity contribution in [2.24, 2.45) is 0 Å². The summed E-state index contributed by atoms with van der Waals surface area (Å²) in [6.07, 6.45) is 2.46. The van der Waals surface area contributed by atoms with E-state index >= 15 is 0 Å². The number of anilines is 3. The van der Waals surface area contributed by atoms with E-state index in [0.29, 0.717) is 29.2 Å². The Kier molecular flexibility index (Phi) is 4.94. The number of fused-ring (bicyclic) bond motifs is 1. The zero-order valence-electron chi connectivity index (χ0n) is 16.1. The lowest BCUT2D eigenvalue weighted by Gasteiger charge is -2.36. The molecule has 2 aromatic rings. The van der Waals surface area contributed by atoms with E-state index < -0.39 is 12.0 Å². The van der Waals surface area contributed by atoms with Crippen molar-refractivity contribution >= 4 is 29.0 Å². The number of carbonyl (C=O) groups excluding carboxylic acids is 2. The van der Waals surface area contributed by atoms with Gasteiger partial charge < -0.3 is 10.2 Å². The third-order valence-corrected chi connectivity index (χ3v) is 5.31. The number of benzene rings is 1. The van der Waals surface area contributed by atoms with Crippen LogP contribution in [0.1, 0.15) is 36.5 Å². The molecule has 8 heteroatoms. The molecule has 2 aliphatic rings. The smallest absolute Gasteiger partial charge is 0.266 e. The predicted octanol–water partition coefficient (Wildman–Crippen LogP) is 3.69. The fourth-order valence-corrected chi connectivity index (χ4v) is 3.85. The number of rotatable bonds is 4. The van der Waals surface area contributed by atoms with Crippen LogP contribution in [0.5, 0.6) is 0 Å². The van der Waals surface area contributed by atoms with Crippen molar-refractivity contribution in [1.82, 2.24) is 4.98 Å². The van der Waals surface area contributed by atoms with Crippen molar-refractivity contribution in [2.45, 2.75) is 38.2 Å². The van der Waals surface area contributed by atoms with Gasteiger partial charge in [-0.15, -0.1) is 0 Å². The van der Waals surface area contributed by atoms with E-state index in [1.165, 1.54) is 16.0 Å². The van der Waals surface area contributed by atoms with E-state index in [1.807, 2.05) is 13.0 Å². The summed E-state index contributed by atoms with van der Waals surface area (Å²) in [6.45, 7) is 1.82. The summed E-state index contributed by atoms with van der Waals surface area (Å²) in [7, 11) is 0. The second-order valence-electron chi connectivity index (χ2n) is 7.42. The van der Waals surface area contributed by atoms with Crippen LogP contribution >= 0.6 is 0 Å². The fourth-order valence-electron chi connectivity index (χ4n) is 3.85. The Balaban J connectivity index is 1.63. The highest BCUT2D eigenvalue weighted by Gasteiger charge is 2.39. The van der Waals surface area contributed by atoms with E-state index in [1.54, 1.807) is 30.3 Å². The van der Waals surface area contributed by atoms with Crippen molar-refractivity contribution in [3.8, 4) is 0 Å². The first-order chi connectivity index (χ1) is 13.9. The summed E-state index contributed by atoms with van der Waals surface area (Å²) < 4.78 is 26.9. The second kappa shape index (κ2) is 7.42. The number of nitrogens with zero attached hydrogens (tertiary/aromatic N) is 3. The first-order valence-electron chi connectivity index (χ1n) is 9.72. The van der Waals surface area contributed by atoms with E-state index in [4.69, 9.17) is 0 Å². The number of hydrogen-bond acceptors (Lipinski definition) is 4. The average molecular weight is 400 g/mol. The summed E-state index contributed by atoms with van der Waals surface area (Å²) in [5.41, 5.74) is 1.53. The zero-order valence-corrected chi connectivity index (χ0v) is 16.1. The highest BCUT2D eigenvalue weighted by Crippen LogP contribution is 2.35. The van der Waals surface area contributed by atoms with E-state index in [-0.39, 0.29) is 31.3 Å². The van der Waals surface area contributed by atoms with Gasteiger partial charge in [0.25, 0.3) is 11.8 Å². The number of nitrogens with one attached hydrogen (secondary N) is 1. The molecule has 0 spiro atoms. The minimum absolute atomic E-state index is 0.201. The summed E-state index contributed by atoms with van der Waals surface area (Å²) >= 11 is 0. The lowest BCUT2D eigenvalue weighted by molar-refractivity contribution is -0.117. The maximum absolute atomic E-state index is 13.5. The van der Waals surface area contributed by atoms with Gasteiger partial charge in [0.15, 0.2) is 0 Å². The van der Waals surface area contributed by atoms with Crippen molar-refractivity contribution in [1.29, 1.82) is 0 Å². The molecule has 0 saturated carbocycles. The van der Waals surface area contributed by atoms with Crippen LogP contribution in [0.2, 0.25) is 0 Å². The van der Waals surface area contributed by atoms with Gasteiger partial charge in [0.05, 0.1) is 23.5 Å². The SMILES string of the molecule is CCC[C@H]1C(=O)Nc2ccccc2N1C(=O)c1ccc(N2CCC(F)(F)C2)nc1. The highest BCUT2D eigenvalue weighted by molar-refractivity contribution is 6.16. The maximum Gasteiger partial charge on any atom is 0.266 e. The molecule has 0 aliphatic carbocycles. The highest BCUT2D eigenvalue weighted by atomic mass is 19.3. The molecule has 2 amide bonds. The van der Waals surface area contributed by atoms with Gasteiger partial charge in [-0.3, -0.25) is 14.5 Å². The molecule has 4 rings (SSSR count). The minimum atomic E-state index is -2.71. The molecule has 3 heterocycles.